The van der Waals surface area contributed by atoms with Crippen molar-refractivity contribution in [3.63, 3.8) is 0 Å². The monoisotopic (exact) mass is 143 g/mol. The molecule has 0 heterocycles. The lowest BCUT2D eigenvalue weighted by atomic mass is 10.3. The molecule has 0 atom stereocenters. The molecule has 0 bridgehead atoms. The van der Waals surface area contributed by atoms with Gasteiger partial charge in [-0.3, -0.25) is 0 Å². The maximum atomic E-state index is 11.6. The summed E-state index contributed by atoms with van der Waals surface area (Å²) in [6.45, 7) is 0. The molecule has 0 radical (unpaired) electrons. The van der Waals surface area contributed by atoms with Crippen LogP contribution in [0.15, 0.2) is 29.2 Å². The Hall–Kier alpha value is -0.700. The van der Waals surface area contributed by atoms with E-state index in [1.807, 2.05) is 0 Å². The van der Waals surface area contributed by atoms with E-state index in [0.717, 1.165) is 4.90 Å². The summed E-state index contributed by atoms with van der Waals surface area (Å²) in [6.07, 6.45) is 0. The van der Waals surface area contributed by atoms with Crippen molar-refractivity contribution in [3.05, 3.63) is 24.3 Å². The lowest BCUT2D eigenvalue weighted by Gasteiger charge is -1.93. The van der Waals surface area contributed by atoms with E-state index in [4.69, 9.17) is 0 Å². The first-order chi connectivity index (χ1) is 4.33. The molecule has 1 aromatic carbocycles. The molecule has 0 amide bonds. The minimum Gasteiger partial charge on any atom is -0.225 e. The van der Waals surface area contributed by atoms with Gasteiger partial charge in [0.25, 0.3) is 0 Å². The molecule has 0 aromatic heterocycles. The number of hydrogen-bond acceptors (Lipinski definition) is 2. The van der Waals surface area contributed by atoms with Gasteiger partial charge in [0.2, 0.25) is 0 Å². The van der Waals surface area contributed by atoms with Gasteiger partial charge in [-0.25, -0.2) is 5.54 Å². The predicted molar refractivity (Wildman–Crippen MR) is 38.4 cm³/mol. The van der Waals surface area contributed by atoms with Crippen LogP contribution in [-0.4, -0.2) is 0 Å². The van der Waals surface area contributed by atoms with E-state index in [-0.39, 0.29) is 0 Å². The summed E-state index contributed by atoms with van der Waals surface area (Å²) in [6, 6.07) is 6.65. The Labute approximate surface area is 58.2 Å². The third-order valence-electron chi connectivity index (χ3n) is 0.976. The van der Waals surface area contributed by atoms with Crippen molar-refractivity contribution in [1.29, 1.82) is 0 Å². The van der Waals surface area contributed by atoms with Crippen molar-refractivity contribution in [3.8, 4) is 0 Å². The van der Waals surface area contributed by atoms with Crippen molar-refractivity contribution in [2.75, 3.05) is 5.54 Å². The minimum absolute atomic E-state index is 0.452. The molecule has 1 aromatic rings. The maximum absolute atomic E-state index is 11.6. The summed E-state index contributed by atoms with van der Waals surface area (Å²) in [5, 5.41) is 0. The third kappa shape index (κ3) is 1.61. The summed E-state index contributed by atoms with van der Waals surface area (Å²) in [5.41, 5.74) is 1.97. The molecule has 9 heavy (non-hydrogen) atoms. The molecule has 0 unspecified atom stereocenters. The second kappa shape index (κ2) is 2.73. The molecule has 1 N–H and O–H groups in total. The van der Waals surface area contributed by atoms with Crippen LogP contribution < -0.4 is 5.54 Å². The largest absolute Gasteiger partial charge is 0.225 e. The standard InChI is InChI=1S/C6H6FNS/c7-8-5-1-3-6(9)4-2-5/h1-4,8-9H. The zero-order chi connectivity index (χ0) is 6.69. The summed E-state index contributed by atoms with van der Waals surface area (Å²) < 4.78 is 11.6. The molecule has 0 saturated heterocycles. The number of anilines is 1. The van der Waals surface area contributed by atoms with Crippen LogP contribution in [0.2, 0.25) is 0 Å². The SMILES string of the molecule is FNc1ccc(S)cc1. The predicted octanol–water partition coefficient (Wildman–Crippen LogP) is 2.27. The second-order valence-corrected chi connectivity index (χ2v) is 2.16. The first-order valence-electron chi connectivity index (χ1n) is 2.48. The maximum Gasteiger partial charge on any atom is 0.0656 e. The third-order valence-corrected chi connectivity index (χ3v) is 1.27. The fraction of sp³-hybridized carbons (Fsp3) is 0. The topological polar surface area (TPSA) is 12.0 Å². The van der Waals surface area contributed by atoms with Gasteiger partial charge in [0.15, 0.2) is 0 Å². The van der Waals surface area contributed by atoms with Crippen molar-refractivity contribution in [2.45, 2.75) is 4.90 Å². The van der Waals surface area contributed by atoms with Crippen LogP contribution in [0.4, 0.5) is 10.2 Å². The van der Waals surface area contributed by atoms with Crippen LogP contribution >= 0.6 is 12.6 Å². The first kappa shape index (κ1) is 6.42. The molecule has 0 fully saturated rings. The molecule has 1 rings (SSSR count). The van der Waals surface area contributed by atoms with E-state index in [2.05, 4.69) is 12.6 Å². The summed E-state index contributed by atoms with van der Waals surface area (Å²) in [4.78, 5) is 0.828. The number of thiol groups is 1. The Morgan fingerprint density at radius 2 is 1.78 bits per heavy atom. The van der Waals surface area contributed by atoms with Crippen LogP contribution in [0.1, 0.15) is 0 Å². The van der Waals surface area contributed by atoms with Crippen molar-refractivity contribution >= 4 is 18.3 Å². The van der Waals surface area contributed by atoms with E-state index in [0.29, 0.717) is 5.69 Å². The van der Waals surface area contributed by atoms with Crippen molar-refractivity contribution < 1.29 is 4.48 Å². The summed E-state index contributed by atoms with van der Waals surface area (Å²) >= 11 is 4.02. The normalized spacial score (nSPS) is 9.11. The lowest BCUT2D eigenvalue weighted by Crippen LogP contribution is -1.78. The van der Waals surface area contributed by atoms with Gasteiger partial charge >= 0.3 is 0 Å². The number of nitrogens with one attached hydrogen (secondary N) is 1. The fourth-order valence-electron chi connectivity index (χ4n) is 0.524. The number of rotatable bonds is 1. The number of benzene rings is 1. The Morgan fingerprint density at radius 3 is 2.22 bits per heavy atom. The molecule has 3 heteroatoms. The van der Waals surface area contributed by atoms with Gasteiger partial charge in [0, 0.05) is 4.90 Å². The molecule has 0 spiro atoms. The van der Waals surface area contributed by atoms with Gasteiger partial charge in [0.1, 0.15) is 0 Å². The second-order valence-electron chi connectivity index (χ2n) is 1.64. The van der Waals surface area contributed by atoms with E-state index >= 15 is 0 Å². The Balaban J connectivity index is 2.88. The zero-order valence-corrected chi connectivity index (χ0v) is 5.53. The van der Waals surface area contributed by atoms with Crippen molar-refractivity contribution in [1.82, 2.24) is 0 Å². The number of halogens is 1. The van der Waals surface area contributed by atoms with Crippen LogP contribution in [0.3, 0.4) is 0 Å². The van der Waals surface area contributed by atoms with Gasteiger partial charge in [0.05, 0.1) is 5.69 Å². The zero-order valence-electron chi connectivity index (χ0n) is 4.63. The average Bonchev–Trinajstić information content (AvgIpc) is 1.90. The smallest absolute Gasteiger partial charge is 0.0656 e. The Morgan fingerprint density at radius 1 is 1.22 bits per heavy atom. The molecule has 0 saturated carbocycles. The minimum atomic E-state index is 0.452. The summed E-state index contributed by atoms with van der Waals surface area (Å²) in [5.74, 6) is 0. The van der Waals surface area contributed by atoms with E-state index in [1.165, 1.54) is 5.54 Å². The van der Waals surface area contributed by atoms with E-state index in [1.54, 1.807) is 24.3 Å². The first-order valence-corrected chi connectivity index (χ1v) is 2.93. The molecule has 0 aliphatic rings. The van der Waals surface area contributed by atoms with Crippen LogP contribution in [-0.2, 0) is 0 Å². The molecule has 0 aliphatic carbocycles. The Kier molecular flexibility index (Phi) is 1.95. The molecular formula is C6H6FNS. The van der Waals surface area contributed by atoms with Gasteiger partial charge in [-0.2, -0.15) is 0 Å². The van der Waals surface area contributed by atoms with Crippen LogP contribution in [0.5, 0.6) is 0 Å². The highest BCUT2D eigenvalue weighted by molar-refractivity contribution is 7.80. The fourth-order valence-corrected chi connectivity index (χ4v) is 0.673. The van der Waals surface area contributed by atoms with Gasteiger partial charge in [-0.1, -0.05) is 0 Å². The van der Waals surface area contributed by atoms with E-state index in [9.17, 15) is 4.48 Å². The molecule has 48 valence electrons. The highest BCUT2D eigenvalue weighted by Gasteiger charge is 1.86. The van der Waals surface area contributed by atoms with Crippen molar-refractivity contribution in [2.24, 2.45) is 0 Å². The van der Waals surface area contributed by atoms with Crippen LogP contribution in [0.25, 0.3) is 0 Å². The highest BCUT2D eigenvalue weighted by Crippen LogP contribution is 2.11. The molecular weight excluding hydrogens is 137 g/mol. The molecule has 0 aliphatic heterocycles. The Bertz CT molecular complexity index is 185. The molecule has 1 nitrogen and oxygen atoms in total. The summed E-state index contributed by atoms with van der Waals surface area (Å²) in [7, 11) is 0. The number of hydrogen-bond donors (Lipinski definition) is 2. The average molecular weight is 143 g/mol. The highest BCUT2D eigenvalue weighted by atomic mass is 32.1. The quantitative estimate of drug-likeness (QED) is 0.454. The van der Waals surface area contributed by atoms with Crippen LogP contribution in [0, 0.1) is 0 Å². The van der Waals surface area contributed by atoms with Gasteiger partial charge in [-0.15, -0.1) is 17.1 Å². The van der Waals surface area contributed by atoms with Gasteiger partial charge < -0.3 is 0 Å². The van der Waals surface area contributed by atoms with Gasteiger partial charge in [-0.05, 0) is 24.3 Å². The van der Waals surface area contributed by atoms with E-state index < -0.39 is 0 Å². The lowest BCUT2D eigenvalue weighted by molar-refractivity contribution is 0.617.